The fraction of sp³-hybridized carbons (Fsp3) is 0.375. The zero-order chi connectivity index (χ0) is 19.3. The predicted molar refractivity (Wildman–Crippen MR) is 113 cm³/mol. The number of nitrogens with zero attached hydrogens (tertiary/aromatic N) is 2. The van der Waals surface area contributed by atoms with E-state index in [-0.39, 0.29) is 0 Å². The third-order valence-corrected chi connectivity index (χ3v) is 7.02. The Morgan fingerprint density at radius 2 is 1.79 bits per heavy atom. The van der Waals surface area contributed by atoms with E-state index in [0.29, 0.717) is 23.9 Å². The highest BCUT2D eigenvalue weighted by molar-refractivity contribution is 6.30. The molecule has 0 aliphatic carbocycles. The summed E-state index contributed by atoms with van der Waals surface area (Å²) in [6.07, 6.45) is 3.64. The molecule has 4 atom stereocenters. The molecule has 2 aromatic carbocycles. The summed E-state index contributed by atoms with van der Waals surface area (Å²) >= 11 is 6.14. The molecule has 144 valence electrons. The van der Waals surface area contributed by atoms with E-state index in [2.05, 4.69) is 66.5 Å². The molecule has 3 aromatic rings. The molecule has 0 spiro atoms. The van der Waals surface area contributed by atoms with Crippen molar-refractivity contribution in [3.63, 3.8) is 0 Å². The molecule has 2 bridgehead atoms. The van der Waals surface area contributed by atoms with Crippen LogP contribution in [0.3, 0.4) is 0 Å². The van der Waals surface area contributed by atoms with Gasteiger partial charge in [0.1, 0.15) is 11.5 Å². The normalized spacial score (nSPS) is 27.2. The van der Waals surface area contributed by atoms with Gasteiger partial charge in [0.2, 0.25) is 0 Å². The van der Waals surface area contributed by atoms with Gasteiger partial charge in [0.05, 0.1) is 0 Å². The highest BCUT2D eigenvalue weighted by Crippen LogP contribution is 2.51. The number of aromatic nitrogens is 1. The first-order chi connectivity index (χ1) is 13.6. The monoisotopic (exact) mass is 392 g/mol. The van der Waals surface area contributed by atoms with Gasteiger partial charge in [-0.15, -0.1) is 0 Å². The number of likely N-dealkylation sites (N-methyl/N-ethyl adjacent to an activating group) is 1. The fourth-order valence-corrected chi connectivity index (χ4v) is 5.34. The topological polar surface area (TPSA) is 29.3 Å². The second-order valence-corrected chi connectivity index (χ2v) is 8.80. The van der Waals surface area contributed by atoms with Crippen LogP contribution in [0, 0.1) is 6.92 Å². The van der Waals surface area contributed by atoms with Crippen LogP contribution in [0.15, 0.2) is 59.1 Å². The first-order valence-electron chi connectivity index (χ1n) is 10.1. The number of hydrogen-bond acceptors (Lipinski definition) is 3. The molecule has 0 amide bonds. The molecule has 1 aromatic heterocycles. The van der Waals surface area contributed by atoms with Gasteiger partial charge in [-0.2, -0.15) is 0 Å². The number of aryl methyl sites for hydroxylation is 1. The van der Waals surface area contributed by atoms with Gasteiger partial charge in [0.15, 0.2) is 0 Å². The van der Waals surface area contributed by atoms with Crippen molar-refractivity contribution in [1.82, 2.24) is 10.1 Å². The highest BCUT2D eigenvalue weighted by Gasteiger charge is 2.48. The van der Waals surface area contributed by atoms with Gasteiger partial charge in [-0.3, -0.25) is 4.90 Å². The number of piperidine rings is 1. The Labute approximate surface area is 171 Å². The summed E-state index contributed by atoms with van der Waals surface area (Å²) < 4.78 is 5.96. The summed E-state index contributed by atoms with van der Waals surface area (Å²) in [4.78, 5) is 2.56. The Hall–Kier alpha value is -2.10. The zero-order valence-electron chi connectivity index (χ0n) is 16.3. The fourth-order valence-electron chi connectivity index (χ4n) is 5.21. The Kier molecular flexibility index (Phi) is 4.53. The molecule has 2 fully saturated rings. The molecular weight excluding hydrogens is 368 g/mol. The molecule has 4 heteroatoms. The van der Waals surface area contributed by atoms with Crippen molar-refractivity contribution in [2.45, 2.75) is 50.1 Å². The summed E-state index contributed by atoms with van der Waals surface area (Å²) in [6.45, 7) is 2.10. The van der Waals surface area contributed by atoms with Crippen LogP contribution in [0.2, 0.25) is 5.02 Å². The molecule has 0 saturated carbocycles. The zero-order valence-corrected chi connectivity index (χ0v) is 17.1. The van der Waals surface area contributed by atoms with E-state index < -0.39 is 0 Å². The largest absolute Gasteiger partial charge is 0.360 e. The number of benzene rings is 2. The molecular formula is C24H25ClN2O. The van der Waals surface area contributed by atoms with Crippen LogP contribution >= 0.6 is 11.6 Å². The van der Waals surface area contributed by atoms with Crippen LogP contribution in [0.4, 0.5) is 0 Å². The summed E-state index contributed by atoms with van der Waals surface area (Å²) in [6, 6.07) is 20.2. The maximum Gasteiger partial charge on any atom is 0.142 e. The van der Waals surface area contributed by atoms with Crippen LogP contribution in [0.1, 0.15) is 48.0 Å². The van der Waals surface area contributed by atoms with Gasteiger partial charge < -0.3 is 4.52 Å². The maximum absolute atomic E-state index is 6.14. The van der Waals surface area contributed by atoms with Crippen molar-refractivity contribution >= 4 is 11.6 Å². The highest BCUT2D eigenvalue weighted by atomic mass is 35.5. The molecule has 0 N–H and O–H groups in total. The maximum atomic E-state index is 6.14. The van der Waals surface area contributed by atoms with Crippen LogP contribution in [0.5, 0.6) is 0 Å². The third kappa shape index (κ3) is 3.07. The average molecular weight is 393 g/mol. The van der Waals surface area contributed by atoms with Gasteiger partial charge in [-0.05, 0) is 56.8 Å². The number of halogens is 1. The Balaban J connectivity index is 1.53. The first kappa shape index (κ1) is 18.0. The lowest BCUT2D eigenvalue weighted by molar-refractivity contribution is 0.122. The van der Waals surface area contributed by atoms with E-state index in [4.69, 9.17) is 16.1 Å². The second kappa shape index (κ2) is 7.06. The summed E-state index contributed by atoms with van der Waals surface area (Å²) in [5.74, 6) is 1.76. The van der Waals surface area contributed by atoms with E-state index in [1.165, 1.54) is 24.0 Å². The van der Waals surface area contributed by atoms with Crippen molar-refractivity contribution < 1.29 is 4.52 Å². The molecule has 2 saturated heterocycles. The number of rotatable bonds is 3. The summed E-state index contributed by atoms with van der Waals surface area (Å²) in [5, 5.41) is 5.22. The number of fused-ring (bicyclic) bond motifs is 2. The smallest absolute Gasteiger partial charge is 0.142 e. The minimum absolute atomic E-state index is 0.316. The lowest BCUT2D eigenvalue weighted by Gasteiger charge is -2.42. The Morgan fingerprint density at radius 1 is 1.04 bits per heavy atom. The van der Waals surface area contributed by atoms with E-state index >= 15 is 0 Å². The van der Waals surface area contributed by atoms with Crippen LogP contribution < -0.4 is 0 Å². The van der Waals surface area contributed by atoms with E-state index in [0.717, 1.165) is 28.5 Å². The SMILES string of the molecule is Cc1ccc(-c2cc([C@H]3[C@@H](c4ccc(Cl)cc4)C[C@@H]4CC[C@@H]3N4C)on2)cc1. The average Bonchev–Trinajstić information content (AvgIpc) is 3.26. The molecule has 0 radical (unpaired) electrons. The van der Waals surface area contributed by atoms with Gasteiger partial charge in [0, 0.05) is 34.7 Å². The minimum Gasteiger partial charge on any atom is -0.360 e. The Morgan fingerprint density at radius 3 is 2.54 bits per heavy atom. The van der Waals surface area contributed by atoms with Crippen LogP contribution in [0.25, 0.3) is 11.3 Å². The van der Waals surface area contributed by atoms with Crippen molar-refractivity contribution in [3.05, 3.63) is 76.5 Å². The molecule has 2 aliphatic rings. The lowest BCUT2D eigenvalue weighted by Crippen LogP contribution is -2.44. The first-order valence-corrected chi connectivity index (χ1v) is 10.5. The minimum atomic E-state index is 0.316. The van der Waals surface area contributed by atoms with Gasteiger partial charge in [-0.1, -0.05) is 58.7 Å². The van der Waals surface area contributed by atoms with Gasteiger partial charge >= 0.3 is 0 Å². The third-order valence-electron chi connectivity index (χ3n) is 6.77. The summed E-state index contributed by atoms with van der Waals surface area (Å²) in [5.41, 5.74) is 4.64. The summed E-state index contributed by atoms with van der Waals surface area (Å²) in [7, 11) is 2.27. The molecule has 5 rings (SSSR count). The Bertz CT molecular complexity index is 963. The van der Waals surface area contributed by atoms with Crippen molar-refractivity contribution in [1.29, 1.82) is 0 Å². The van der Waals surface area contributed by atoms with Crippen molar-refractivity contribution in [3.8, 4) is 11.3 Å². The van der Waals surface area contributed by atoms with Crippen LogP contribution in [-0.2, 0) is 0 Å². The number of hydrogen-bond donors (Lipinski definition) is 0. The van der Waals surface area contributed by atoms with E-state index in [9.17, 15) is 0 Å². The molecule has 3 nitrogen and oxygen atoms in total. The van der Waals surface area contributed by atoms with E-state index in [1.54, 1.807) is 0 Å². The molecule has 0 unspecified atom stereocenters. The molecule has 3 heterocycles. The standard InChI is InChI=1S/C24H25ClN2O/c1-15-3-5-17(6-4-15)21-14-23(28-26-21)24-20(16-7-9-18(25)10-8-16)13-19-11-12-22(24)27(19)2/h3-10,14,19-20,22,24H,11-13H2,1-2H3/t19-,20+,22-,24-/m0/s1. The van der Waals surface area contributed by atoms with Crippen LogP contribution in [-0.4, -0.2) is 29.2 Å². The lowest BCUT2D eigenvalue weighted by atomic mass is 9.75. The molecule has 2 aliphatic heterocycles. The molecule has 28 heavy (non-hydrogen) atoms. The van der Waals surface area contributed by atoms with Gasteiger partial charge in [-0.25, -0.2) is 0 Å². The van der Waals surface area contributed by atoms with E-state index in [1.807, 2.05) is 12.1 Å². The van der Waals surface area contributed by atoms with Crippen molar-refractivity contribution in [2.24, 2.45) is 0 Å². The van der Waals surface area contributed by atoms with Crippen molar-refractivity contribution in [2.75, 3.05) is 7.05 Å². The second-order valence-electron chi connectivity index (χ2n) is 8.36. The quantitative estimate of drug-likeness (QED) is 0.544. The predicted octanol–water partition coefficient (Wildman–Crippen LogP) is 6.04. The van der Waals surface area contributed by atoms with Gasteiger partial charge in [0.25, 0.3) is 0 Å².